The maximum atomic E-state index is 12.4. The molecule has 1 atom stereocenters. The van der Waals surface area contributed by atoms with Gasteiger partial charge in [0.05, 0.1) is 26.7 Å². The normalized spacial score (nSPS) is 24.1. The number of methoxy groups -OCH3 is 2. The molecule has 1 unspecified atom stereocenters. The van der Waals surface area contributed by atoms with Crippen molar-refractivity contribution in [1.82, 2.24) is 15.1 Å². The van der Waals surface area contributed by atoms with Gasteiger partial charge >= 0.3 is 6.03 Å². The molecule has 1 saturated heterocycles. The number of amides is 4. The first-order valence-electron chi connectivity index (χ1n) is 10.1. The van der Waals surface area contributed by atoms with Crippen LogP contribution in [0.15, 0.2) is 18.2 Å². The number of hydrogen-bond donors (Lipinski definition) is 1. The summed E-state index contributed by atoms with van der Waals surface area (Å²) in [5.41, 5.74) is 0. The van der Waals surface area contributed by atoms with Gasteiger partial charge in [-0.15, -0.1) is 0 Å². The van der Waals surface area contributed by atoms with Gasteiger partial charge in [-0.1, -0.05) is 6.07 Å². The molecule has 1 aliphatic carbocycles. The number of benzene rings is 1. The molecule has 1 aromatic carbocycles. The van der Waals surface area contributed by atoms with Crippen LogP contribution in [-0.2, 0) is 9.59 Å². The molecule has 164 valence electrons. The smallest absolute Gasteiger partial charge is 0.326 e. The zero-order valence-electron chi connectivity index (χ0n) is 17.8. The molecule has 9 heteroatoms. The van der Waals surface area contributed by atoms with Crippen molar-refractivity contribution in [2.75, 3.05) is 28.3 Å². The molecule has 1 heterocycles. The zero-order chi connectivity index (χ0) is 21.8. The van der Waals surface area contributed by atoms with Crippen LogP contribution in [0.25, 0.3) is 0 Å². The van der Waals surface area contributed by atoms with Gasteiger partial charge in [0.15, 0.2) is 11.5 Å². The molecule has 2 fully saturated rings. The van der Waals surface area contributed by atoms with E-state index in [9.17, 15) is 14.4 Å². The standard InChI is InChI=1S/C21H29N3O6/c1-23-15(20(26)24(2)21(23)27)12-18(25)22-13-8-10-14(11-9-13)30-17-7-5-6-16(28-3)19(17)29-4/h5-7,13-15H,8-12H2,1-4H3,(H,22,25). The Kier molecular flexibility index (Phi) is 6.69. The summed E-state index contributed by atoms with van der Waals surface area (Å²) in [6.45, 7) is 0. The van der Waals surface area contributed by atoms with Crippen LogP contribution in [0.4, 0.5) is 4.79 Å². The number of nitrogens with one attached hydrogen (secondary N) is 1. The van der Waals surface area contributed by atoms with Crippen molar-refractivity contribution in [2.45, 2.75) is 50.3 Å². The second-order valence-corrected chi connectivity index (χ2v) is 7.66. The van der Waals surface area contributed by atoms with E-state index in [1.807, 2.05) is 18.2 Å². The number of para-hydroxylation sites is 1. The summed E-state index contributed by atoms with van der Waals surface area (Å²) in [6.07, 6.45) is 3.12. The van der Waals surface area contributed by atoms with E-state index in [4.69, 9.17) is 14.2 Å². The van der Waals surface area contributed by atoms with Crippen molar-refractivity contribution in [1.29, 1.82) is 0 Å². The van der Waals surface area contributed by atoms with Gasteiger partial charge in [-0.25, -0.2) is 4.79 Å². The van der Waals surface area contributed by atoms with E-state index in [0.29, 0.717) is 17.2 Å². The van der Waals surface area contributed by atoms with Gasteiger partial charge in [0.1, 0.15) is 6.04 Å². The van der Waals surface area contributed by atoms with E-state index in [2.05, 4.69) is 5.32 Å². The molecule has 0 aromatic heterocycles. The quantitative estimate of drug-likeness (QED) is 0.677. The van der Waals surface area contributed by atoms with E-state index in [0.717, 1.165) is 30.6 Å². The third kappa shape index (κ3) is 4.44. The minimum absolute atomic E-state index is 0.0213. The van der Waals surface area contributed by atoms with Crippen molar-refractivity contribution in [3.63, 3.8) is 0 Å². The average molecular weight is 419 g/mol. The van der Waals surface area contributed by atoms with Crippen LogP contribution in [-0.4, -0.2) is 74.1 Å². The Hall–Kier alpha value is -2.97. The van der Waals surface area contributed by atoms with Crippen LogP contribution >= 0.6 is 0 Å². The number of rotatable bonds is 7. The van der Waals surface area contributed by atoms with Crippen molar-refractivity contribution in [3.8, 4) is 17.2 Å². The SMILES string of the molecule is COc1cccc(OC2CCC(NC(=O)CC3C(=O)N(C)C(=O)N3C)CC2)c1OC. The second kappa shape index (κ2) is 9.23. The maximum Gasteiger partial charge on any atom is 0.326 e. The van der Waals surface area contributed by atoms with Crippen LogP contribution in [0.2, 0.25) is 0 Å². The molecule has 1 N–H and O–H groups in total. The highest BCUT2D eigenvalue weighted by atomic mass is 16.5. The first kappa shape index (κ1) is 21.7. The molecular formula is C21H29N3O6. The van der Waals surface area contributed by atoms with Crippen molar-refractivity contribution < 1.29 is 28.6 Å². The topological polar surface area (TPSA) is 97.4 Å². The Morgan fingerprint density at radius 1 is 1.07 bits per heavy atom. The summed E-state index contributed by atoms with van der Waals surface area (Å²) in [5.74, 6) is 1.26. The van der Waals surface area contributed by atoms with Gasteiger partial charge in [0.2, 0.25) is 11.7 Å². The van der Waals surface area contributed by atoms with Gasteiger partial charge in [-0.05, 0) is 37.8 Å². The number of nitrogens with zero attached hydrogens (tertiary/aromatic N) is 2. The zero-order valence-corrected chi connectivity index (χ0v) is 17.8. The molecule has 3 rings (SSSR count). The van der Waals surface area contributed by atoms with Gasteiger partial charge in [-0.3, -0.25) is 14.5 Å². The first-order valence-corrected chi connectivity index (χ1v) is 10.1. The Bertz CT molecular complexity index is 806. The lowest BCUT2D eigenvalue weighted by atomic mass is 9.92. The molecule has 4 amide bonds. The maximum absolute atomic E-state index is 12.4. The summed E-state index contributed by atoms with van der Waals surface area (Å²) in [5, 5.41) is 2.99. The van der Waals surface area contributed by atoms with Gasteiger partial charge in [0.25, 0.3) is 5.91 Å². The van der Waals surface area contributed by atoms with E-state index < -0.39 is 6.04 Å². The van der Waals surface area contributed by atoms with E-state index in [-0.39, 0.29) is 36.4 Å². The number of imide groups is 1. The Morgan fingerprint density at radius 2 is 1.73 bits per heavy atom. The monoisotopic (exact) mass is 419 g/mol. The highest BCUT2D eigenvalue weighted by Crippen LogP contribution is 2.38. The lowest BCUT2D eigenvalue weighted by Gasteiger charge is -2.30. The van der Waals surface area contributed by atoms with Gasteiger partial charge in [0, 0.05) is 20.1 Å². The van der Waals surface area contributed by atoms with Crippen LogP contribution in [0.5, 0.6) is 17.2 Å². The summed E-state index contributed by atoms with van der Waals surface area (Å²) in [6, 6.07) is 4.43. The summed E-state index contributed by atoms with van der Waals surface area (Å²) in [4.78, 5) is 38.7. The number of likely N-dealkylation sites (N-methyl/N-ethyl adjacent to an activating group) is 2. The molecule has 2 aliphatic rings. The largest absolute Gasteiger partial charge is 0.493 e. The molecule has 1 aromatic rings. The third-order valence-corrected chi connectivity index (χ3v) is 5.75. The second-order valence-electron chi connectivity index (χ2n) is 7.66. The Morgan fingerprint density at radius 3 is 2.30 bits per heavy atom. The summed E-state index contributed by atoms with van der Waals surface area (Å²) < 4.78 is 16.8. The van der Waals surface area contributed by atoms with Crippen LogP contribution in [0, 0.1) is 0 Å². The molecule has 1 saturated carbocycles. The fraction of sp³-hybridized carbons (Fsp3) is 0.571. The van der Waals surface area contributed by atoms with Crippen LogP contribution in [0.3, 0.4) is 0 Å². The van der Waals surface area contributed by atoms with Crippen molar-refractivity contribution in [2.24, 2.45) is 0 Å². The Labute approximate surface area is 176 Å². The molecule has 30 heavy (non-hydrogen) atoms. The van der Waals surface area contributed by atoms with Gasteiger partial charge < -0.3 is 24.4 Å². The average Bonchev–Trinajstić information content (AvgIpc) is 2.92. The molecule has 0 radical (unpaired) electrons. The van der Waals surface area contributed by atoms with Gasteiger partial charge in [-0.2, -0.15) is 0 Å². The number of ether oxygens (including phenoxy) is 3. The summed E-state index contributed by atoms with van der Waals surface area (Å²) >= 11 is 0. The minimum atomic E-state index is -0.734. The van der Waals surface area contributed by atoms with Crippen LogP contribution in [0.1, 0.15) is 32.1 Å². The van der Waals surface area contributed by atoms with Crippen molar-refractivity contribution >= 4 is 17.8 Å². The molecular weight excluding hydrogens is 390 g/mol. The number of hydrogen-bond acceptors (Lipinski definition) is 6. The lowest BCUT2D eigenvalue weighted by molar-refractivity contribution is -0.131. The van der Waals surface area contributed by atoms with E-state index >= 15 is 0 Å². The minimum Gasteiger partial charge on any atom is -0.493 e. The predicted molar refractivity (Wildman–Crippen MR) is 109 cm³/mol. The lowest BCUT2D eigenvalue weighted by Crippen LogP contribution is -2.43. The predicted octanol–water partition coefficient (Wildman–Crippen LogP) is 1.79. The molecule has 9 nitrogen and oxygen atoms in total. The molecule has 0 bridgehead atoms. The Balaban J connectivity index is 1.49. The van der Waals surface area contributed by atoms with E-state index in [1.165, 1.54) is 19.0 Å². The fourth-order valence-electron chi connectivity index (χ4n) is 3.99. The van der Waals surface area contributed by atoms with Crippen molar-refractivity contribution in [3.05, 3.63) is 18.2 Å². The van der Waals surface area contributed by atoms with E-state index in [1.54, 1.807) is 14.2 Å². The number of carbonyl (C=O) groups is 3. The van der Waals surface area contributed by atoms with Crippen LogP contribution < -0.4 is 19.5 Å². The highest BCUT2D eigenvalue weighted by molar-refractivity contribution is 6.05. The highest BCUT2D eigenvalue weighted by Gasteiger charge is 2.42. The molecule has 1 aliphatic heterocycles. The fourth-order valence-corrected chi connectivity index (χ4v) is 3.99. The summed E-state index contributed by atoms with van der Waals surface area (Å²) in [7, 11) is 6.13. The molecule has 0 spiro atoms. The number of urea groups is 1. The first-order chi connectivity index (χ1) is 14.3. The number of carbonyl (C=O) groups excluding carboxylic acids is 3. The third-order valence-electron chi connectivity index (χ3n) is 5.75.